The van der Waals surface area contributed by atoms with E-state index < -0.39 is 0 Å². The summed E-state index contributed by atoms with van der Waals surface area (Å²) in [5.41, 5.74) is 0.387. The third-order valence-electron chi connectivity index (χ3n) is 4.30. The molecule has 3 unspecified atom stereocenters. The van der Waals surface area contributed by atoms with Crippen molar-refractivity contribution < 1.29 is 0 Å². The lowest BCUT2D eigenvalue weighted by Gasteiger charge is -2.42. The van der Waals surface area contributed by atoms with Gasteiger partial charge < -0.3 is 0 Å². The number of thiophene rings is 1. The molecule has 1 aromatic heterocycles. The van der Waals surface area contributed by atoms with Gasteiger partial charge in [-0.15, -0.1) is 11.3 Å². The number of halogens is 2. The summed E-state index contributed by atoms with van der Waals surface area (Å²) >= 11 is 9.39. The Morgan fingerprint density at radius 1 is 1.33 bits per heavy atom. The standard InChI is InChI=1S/C15H22Br2S/c1-10-4-6-12(13(16)8-10)15(2,3)9-11-5-7-14(17)18-11/h5,7,10,12-13H,4,6,8-9H2,1-3H3. The monoisotopic (exact) mass is 392 g/mol. The van der Waals surface area contributed by atoms with Crippen molar-refractivity contribution in [1.82, 2.24) is 0 Å². The minimum atomic E-state index is 0.387. The molecule has 1 aliphatic rings. The van der Waals surface area contributed by atoms with Crippen LogP contribution in [-0.4, -0.2) is 4.83 Å². The molecular formula is C15H22Br2S. The van der Waals surface area contributed by atoms with Crippen LogP contribution >= 0.6 is 43.2 Å². The highest BCUT2D eigenvalue weighted by atomic mass is 79.9. The fraction of sp³-hybridized carbons (Fsp3) is 0.733. The van der Waals surface area contributed by atoms with Gasteiger partial charge in [0.25, 0.3) is 0 Å². The van der Waals surface area contributed by atoms with Gasteiger partial charge >= 0.3 is 0 Å². The summed E-state index contributed by atoms with van der Waals surface area (Å²) in [5, 5.41) is 0. The second kappa shape index (κ2) is 5.97. The van der Waals surface area contributed by atoms with E-state index in [2.05, 4.69) is 64.8 Å². The Morgan fingerprint density at radius 2 is 2.06 bits per heavy atom. The molecule has 1 aliphatic carbocycles. The van der Waals surface area contributed by atoms with Gasteiger partial charge in [0, 0.05) is 9.70 Å². The van der Waals surface area contributed by atoms with Crippen molar-refractivity contribution >= 4 is 43.2 Å². The zero-order valence-corrected chi connectivity index (χ0v) is 15.4. The van der Waals surface area contributed by atoms with Gasteiger partial charge in [-0.1, -0.05) is 43.1 Å². The first kappa shape index (κ1) is 15.1. The van der Waals surface area contributed by atoms with Crippen LogP contribution in [0.1, 0.15) is 44.9 Å². The van der Waals surface area contributed by atoms with Gasteiger partial charge in [-0.25, -0.2) is 0 Å². The maximum atomic E-state index is 3.94. The van der Waals surface area contributed by atoms with E-state index in [0.29, 0.717) is 10.2 Å². The van der Waals surface area contributed by atoms with Crippen molar-refractivity contribution in [3.05, 3.63) is 20.8 Å². The first-order chi connectivity index (χ1) is 8.38. The molecule has 102 valence electrons. The molecule has 1 fully saturated rings. The maximum Gasteiger partial charge on any atom is 0.0701 e. The molecule has 0 amide bonds. The molecule has 1 aromatic rings. The van der Waals surface area contributed by atoms with E-state index >= 15 is 0 Å². The summed E-state index contributed by atoms with van der Waals surface area (Å²) in [6.07, 6.45) is 5.30. The van der Waals surface area contributed by atoms with Crippen LogP contribution in [-0.2, 0) is 6.42 Å². The van der Waals surface area contributed by atoms with Gasteiger partial charge in [-0.3, -0.25) is 0 Å². The molecule has 0 N–H and O–H groups in total. The smallest absolute Gasteiger partial charge is 0.0701 e. The Bertz CT molecular complexity index is 397. The minimum Gasteiger partial charge on any atom is -0.133 e. The van der Waals surface area contributed by atoms with Crippen LogP contribution in [0.4, 0.5) is 0 Å². The second-order valence-corrected chi connectivity index (χ2v) is 10.1. The number of hydrogen-bond acceptors (Lipinski definition) is 1. The fourth-order valence-corrected chi connectivity index (χ4v) is 6.56. The van der Waals surface area contributed by atoms with Crippen molar-refractivity contribution in [1.29, 1.82) is 0 Å². The van der Waals surface area contributed by atoms with Gasteiger partial charge in [0.2, 0.25) is 0 Å². The van der Waals surface area contributed by atoms with Gasteiger partial charge in [0.05, 0.1) is 3.79 Å². The maximum absolute atomic E-state index is 3.94. The predicted molar refractivity (Wildman–Crippen MR) is 88.7 cm³/mol. The van der Waals surface area contributed by atoms with E-state index in [0.717, 1.165) is 11.8 Å². The molecule has 0 radical (unpaired) electrons. The molecule has 1 saturated carbocycles. The van der Waals surface area contributed by atoms with Crippen LogP contribution in [0.2, 0.25) is 0 Å². The van der Waals surface area contributed by atoms with E-state index in [1.54, 1.807) is 0 Å². The largest absolute Gasteiger partial charge is 0.133 e. The summed E-state index contributed by atoms with van der Waals surface area (Å²) in [6, 6.07) is 4.44. The van der Waals surface area contributed by atoms with E-state index in [1.807, 2.05) is 11.3 Å². The zero-order valence-electron chi connectivity index (χ0n) is 11.4. The summed E-state index contributed by atoms with van der Waals surface area (Å²) in [5.74, 6) is 1.69. The quantitative estimate of drug-likeness (QED) is 0.530. The van der Waals surface area contributed by atoms with Crippen LogP contribution in [0.15, 0.2) is 15.9 Å². The van der Waals surface area contributed by atoms with Crippen molar-refractivity contribution in [3.63, 3.8) is 0 Å². The van der Waals surface area contributed by atoms with Crippen LogP contribution in [0.5, 0.6) is 0 Å². The van der Waals surface area contributed by atoms with Crippen LogP contribution in [0, 0.1) is 17.3 Å². The fourth-order valence-electron chi connectivity index (χ4n) is 3.22. The Morgan fingerprint density at radius 3 is 2.61 bits per heavy atom. The Balaban J connectivity index is 2.05. The number of rotatable bonds is 3. The number of alkyl halides is 1. The third kappa shape index (κ3) is 3.61. The summed E-state index contributed by atoms with van der Waals surface area (Å²) in [6.45, 7) is 7.26. The topological polar surface area (TPSA) is 0 Å². The van der Waals surface area contributed by atoms with Crippen LogP contribution in [0.25, 0.3) is 0 Å². The highest BCUT2D eigenvalue weighted by molar-refractivity contribution is 9.11. The average molecular weight is 394 g/mol. The first-order valence-electron chi connectivity index (χ1n) is 6.77. The van der Waals surface area contributed by atoms with Crippen LogP contribution < -0.4 is 0 Å². The third-order valence-corrected chi connectivity index (χ3v) is 6.93. The Labute approximate surface area is 132 Å². The normalized spacial score (nSPS) is 29.5. The minimum absolute atomic E-state index is 0.387. The number of hydrogen-bond donors (Lipinski definition) is 0. The molecule has 2 rings (SSSR count). The lowest BCUT2D eigenvalue weighted by molar-refractivity contribution is 0.148. The van der Waals surface area contributed by atoms with Crippen molar-refractivity contribution in [3.8, 4) is 0 Å². The second-order valence-electron chi connectivity index (χ2n) is 6.41. The first-order valence-corrected chi connectivity index (χ1v) is 9.29. The molecule has 0 spiro atoms. The van der Waals surface area contributed by atoms with Gasteiger partial charge in [0.1, 0.15) is 0 Å². The van der Waals surface area contributed by atoms with Gasteiger partial charge in [0.15, 0.2) is 0 Å². The SMILES string of the molecule is CC1CCC(C(C)(C)Cc2ccc(Br)s2)C(Br)C1. The lowest BCUT2D eigenvalue weighted by atomic mass is 9.67. The Kier molecular flexibility index (Phi) is 4.99. The Hall–Kier alpha value is 0.660. The van der Waals surface area contributed by atoms with Gasteiger partial charge in [-0.2, -0.15) is 0 Å². The molecule has 0 saturated heterocycles. The van der Waals surface area contributed by atoms with E-state index in [1.165, 1.54) is 34.3 Å². The molecule has 0 nitrogen and oxygen atoms in total. The molecule has 1 heterocycles. The predicted octanol–water partition coefficient (Wildman–Crippen LogP) is 6.28. The van der Waals surface area contributed by atoms with Crippen molar-refractivity contribution in [2.75, 3.05) is 0 Å². The molecule has 0 aromatic carbocycles. The van der Waals surface area contributed by atoms with Crippen LogP contribution in [0.3, 0.4) is 0 Å². The highest BCUT2D eigenvalue weighted by Gasteiger charge is 2.37. The molecular weight excluding hydrogens is 372 g/mol. The molecule has 0 aliphatic heterocycles. The average Bonchev–Trinajstić information content (AvgIpc) is 2.62. The summed E-state index contributed by atoms with van der Waals surface area (Å²) in [4.78, 5) is 2.20. The lowest BCUT2D eigenvalue weighted by Crippen LogP contribution is -2.36. The van der Waals surface area contributed by atoms with Crippen molar-refractivity contribution in [2.24, 2.45) is 17.3 Å². The van der Waals surface area contributed by atoms with E-state index in [-0.39, 0.29) is 0 Å². The van der Waals surface area contributed by atoms with Gasteiger partial charge in [-0.05, 0) is 64.6 Å². The zero-order chi connectivity index (χ0) is 13.3. The highest BCUT2D eigenvalue weighted by Crippen LogP contribution is 2.45. The van der Waals surface area contributed by atoms with Crippen molar-refractivity contribution in [2.45, 2.75) is 51.3 Å². The molecule has 18 heavy (non-hydrogen) atoms. The summed E-state index contributed by atoms with van der Waals surface area (Å²) in [7, 11) is 0. The van der Waals surface area contributed by atoms with E-state index in [4.69, 9.17) is 0 Å². The van der Waals surface area contributed by atoms with E-state index in [9.17, 15) is 0 Å². The molecule has 0 bridgehead atoms. The molecule has 3 atom stereocenters. The molecule has 3 heteroatoms. The summed E-state index contributed by atoms with van der Waals surface area (Å²) < 4.78 is 1.25.